The van der Waals surface area contributed by atoms with Crippen molar-refractivity contribution < 1.29 is 22.4 Å². The van der Waals surface area contributed by atoms with Crippen LogP contribution in [0.15, 0.2) is 22.7 Å². The first kappa shape index (κ1) is 15.3. The molecule has 0 unspecified atom stereocenters. The number of hydrogen-bond donors (Lipinski definition) is 1. The number of nitrogens with zero attached hydrogens (tertiary/aromatic N) is 2. The Bertz CT molecular complexity index is 650. The molecular weight excluding hydrogens is 287 g/mol. The molecule has 8 heteroatoms. The molecule has 2 rings (SSSR count). The average molecular weight is 301 g/mol. The maximum atomic E-state index is 12.8. The smallest absolute Gasteiger partial charge is 0.399 e. The second kappa shape index (κ2) is 5.03. The molecule has 0 bridgehead atoms. The van der Waals surface area contributed by atoms with E-state index in [9.17, 15) is 13.2 Å². The number of benzene rings is 1. The lowest BCUT2D eigenvalue weighted by molar-refractivity contribution is -0.137. The lowest BCUT2D eigenvalue weighted by Gasteiger charge is -2.17. The molecule has 0 aliphatic rings. The molecular formula is C13H14F3N3O2. The molecule has 0 radical (unpaired) electrons. The van der Waals surface area contributed by atoms with Crippen molar-refractivity contribution in [2.75, 3.05) is 12.8 Å². The average Bonchev–Trinajstić information content (AvgIpc) is 2.87. The number of nitrogen functional groups attached to an aromatic ring is 1. The van der Waals surface area contributed by atoms with E-state index in [1.165, 1.54) is 13.2 Å². The zero-order chi connectivity index (χ0) is 15.8. The van der Waals surface area contributed by atoms with Gasteiger partial charge in [-0.2, -0.15) is 18.2 Å². The van der Waals surface area contributed by atoms with E-state index < -0.39 is 17.3 Å². The van der Waals surface area contributed by atoms with Gasteiger partial charge in [-0.15, -0.1) is 0 Å². The SMILES string of the molecule is COC(C)(C)c1noc(-c2cc(N)cc(C(F)(F)F)c2)n1. The van der Waals surface area contributed by atoms with Gasteiger partial charge in [0.25, 0.3) is 5.89 Å². The van der Waals surface area contributed by atoms with Crippen LogP contribution in [0.25, 0.3) is 11.5 Å². The van der Waals surface area contributed by atoms with E-state index in [1.807, 2.05) is 0 Å². The maximum absolute atomic E-state index is 12.8. The van der Waals surface area contributed by atoms with Crippen LogP contribution in [0.3, 0.4) is 0 Å². The number of hydrogen-bond acceptors (Lipinski definition) is 5. The van der Waals surface area contributed by atoms with Gasteiger partial charge >= 0.3 is 6.18 Å². The van der Waals surface area contributed by atoms with Crippen molar-refractivity contribution in [3.05, 3.63) is 29.6 Å². The number of ether oxygens (including phenoxy) is 1. The quantitative estimate of drug-likeness (QED) is 0.881. The highest BCUT2D eigenvalue weighted by Crippen LogP contribution is 2.34. The molecule has 0 atom stereocenters. The molecule has 0 aliphatic carbocycles. The molecule has 1 aromatic carbocycles. The van der Waals surface area contributed by atoms with Gasteiger partial charge in [-0.1, -0.05) is 5.16 Å². The van der Waals surface area contributed by atoms with Gasteiger partial charge in [0.15, 0.2) is 0 Å². The van der Waals surface area contributed by atoms with E-state index in [1.54, 1.807) is 13.8 Å². The number of alkyl halides is 3. The van der Waals surface area contributed by atoms with Crippen LogP contribution in [-0.4, -0.2) is 17.3 Å². The summed E-state index contributed by atoms with van der Waals surface area (Å²) in [4.78, 5) is 4.06. The highest BCUT2D eigenvalue weighted by atomic mass is 19.4. The molecule has 1 heterocycles. The van der Waals surface area contributed by atoms with E-state index in [-0.39, 0.29) is 23.0 Å². The third-order valence-electron chi connectivity index (χ3n) is 3.00. The summed E-state index contributed by atoms with van der Waals surface area (Å²) >= 11 is 0. The highest BCUT2D eigenvalue weighted by molar-refractivity contribution is 5.62. The van der Waals surface area contributed by atoms with Crippen LogP contribution in [0.1, 0.15) is 25.2 Å². The van der Waals surface area contributed by atoms with Gasteiger partial charge in [-0.3, -0.25) is 0 Å². The Labute approximate surface area is 118 Å². The minimum absolute atomic E-state index is 0.0365. The molecule has 0 spiro atoms. The molecule has 0 saturated carbocycles. The number of methoxy groups -OCH3 is 1. The van der Waals surface area contributed by atoms with Gasteiger partial charge < -0.3 is 15.0 Å². The summed E-state index contributed by atoms with van der Waals surface area (Å²) in [6.07, 6.45) is -4.50. The predicted octanol–water partition coefficient (Wildman–Crippen LogP) is 3.22. The Morgan fingerprint density at radius 2 is 1.86 bits per heavy atom. The second-order valence-electron chi connectivity index (χ2n) is 4.98. The minimum atomic E-state index is -4.50. The normalized spacial score (nSPS) is 12.7. The van der Waals surface area contributed by atoms with Gasteiger partial charge in [0.1, 0.15) is 5.60 Å². The number of rotatable bonds is 3. The lowest BCUT2D eigenvalue weighted by atomic mass is 10.1. The van der Waals surface area contributed by atoms with Crippen molar-refractivity contribution in [3.8, 4) is 11.5 Å². The third kappa shape index (κ3) is 3.15. The molecule has 0 fully saturated rings. The van der Waals surface area contributed by atoms with E-state index in [0.29, 0.717) is 0 Å². The van der Waals surface area contributed by atoms with Crippen LogP contribution in [0.4, 0.5) is 18.9 Å². The van der Waals surface area contributed by atoms with Crippen molar-refractivity contribution in [1.29, 1.82) is 0 Å². The van der Waals surface area contributed by atoms with E-state index in [2.05, 4.69) is 10.1 Å². The summed E-state index contributed by atoms with van der Waals surface area (Å²) < 4.78 is 48.5. The van der Waals surface area contributed by atoms with Gasteiger partial charge in [-0.05, 0) is 32.0 Å². The van der Waals surface area contributed by atoms with Crippen molar-refractivity contribution in [1.82, 2.24) is 10.1 Å². The van der Waals surface area contributed by atoms with Crippen molar-refractivity contribution in [3.63, 3.8) is 0 Å². The van der Waals surface area contributed by atoms with Crippen LogP contribution in [-0.2, 0) is 16.5 Å². The summed E-state index contributed by atoms with van der Waals surface area (Å²) in [5.41, 5.74) is 3.88. The number of halogens is 3. The molecule has 2 aromatic rings. The Morgan fingerprint density at radius 1 is 1.19 bits per heavy atom. The fourth-order valence-corrected chi connectivity index (χ4v) is 1.62. The fraction of sp³-hybridized carbons (Fsp3) is 0.385. The second-order valence-corrected chi connectivity index (χ2v) is 4.98. The Kier molecular flexibility index (Phi) is 3.66. The third-order valence-corrected chi connectivity index (χ3v) is 3.00. The van der Waals surface area contributed by atoms with Gasteiger partial charge in [0.2, 0.25) is 5.82 Å². The summed E-state index contributed by atoms with van der Waals surface area (Å²) in [6.45, 7) is 3.42. The van der Waals surface area contributed by atoms with Crippen molar-refractivity contribution in [2.24, 2.45) is 0 Å². The first-order chi connectivity index (χ1) is 9.63. The monoisotopic (exact) mass is 301 g/mol. The zero-order valence-corrected chi connectivity index (χ0v) is 11.7. The van der Waals surface area contributed by atoms with Crippen LogP contribution >= 0.6 is 0 Å². The first-order valence-electron chi connectivity index (χ1n) is 6.01. The predicted molar refractivity (Wildman–Crippen MR) is 69.2 cm³/mol. The van der Waals surface area contributed by atoms with Crippen molar-refractivity contribution in [2.45, 2.75) is 25.6 Å². The number of anilines is 1. The van der Waals surface area contributed by atoms with Crippen LogP contribution in [0.2, 0.25) is 0 Å². The molecule has 21 heavy (non-hydrogen) atoms. The summed E-state index contributed by atoms with van der Waals surface area (Å²) in [5.74, 6) is 0.184. The first-order valence-corrected chi connectivity index (χ1v) is 6.01. The standard InChI is InChI=1S/C13H14F3N3O2/c1-12(2,20-3)11-18-10(21-19-11)7-4-8(13(14,15)16)6-9(17)5-7/h4-6H,17H2,1-3H3. The lowest BCUT2D eigenvalue weighted by Crippen LogP contribution is -2.21. The highest BCUT2D eigenvalue weighted by Gasteiger charge is 2.32. The summed E-state index contributed by atoms with van der Waals surface area (Å²) in [5, 5.41) is 3.72. The maximum Gasteiger partial charge on any atom is 0.416 e. The minimum Gasteiger partial charge on any atom is -0.399 e. The Morgan fingerprint density at radius 3 is 2.43 bits per heavy atom. The molecule has 0 aliphatic heterocycles. The number of aromatic nitrogens is 2. The van der Waals surface area contributed by atoms with Gasteiger partial charge in [-0.25, -0.2) is 0 Å². The molecule has 0 saturated heterocycles. The van der Waals surface area contributed by atoms with Crippen LogP contribution < -0.4 is 5.73 Å². The van der Waals surface area contributed by atoms with E-state index >= 15 is 0 Å². The summed E-state index contributed by atoms with van der Waals surface area (Å²) in [6, 6.07) is 3.10. The van der Waals surface area contributed by atoms with Gasteiger partial charge in [0.05, 0.1) is 5.56 Å². The Balaban J connectivity index is 2.46. The molecule has 1 aromatic heterocycles. The van der Waals surface area contributed by atoms with Crippen molar-refractivity contribution >= 4 is 5.69 Å². The molecule has 5 nitrogen and oxygen atoms in total. The van der Waals surface area contributed by atoms with Gasteiger partial charge in [0, 0.05) is 18.4 Å². The van der Waals surface area contributed by atoms with Crippen LogP contribution in [0, 0.1) is 0 Å². The number of nitrogens with two attached hydrogens (primary N) is 1. The molecule has 2 N–H and O–H groups in total. The zero-order valence-electron chi connectivity index (χ0n) is 11.7. The van der Waals surface area contributed by atoms with E-state index in [4.69, 9.17) is 15.0 Å². The van der Waals surface area contributed by atoms with E-state index in [0.717, 1.165) is 12.1 Å². The largest absolute Gasteiger partial charge is 0.416 e. The molecule has 114 valence electrons. The topological polar surface area (TPSA) is 74.2 Å². The van der Waals surface area contributed by atoms with Crippen LogP contribution in [0.5, 0.6) is 0 Å². The summed E-state index contributed by atoms with van der Waals surface area (Å²) in [7, 11) is 1.47. The fourth-order valence-electron chi connectivity index (χ4n) is 1.62. The molecule has 0 amide bonds. The Hall–Kier alpha value is -2.09.